The van der Waals surface area contributed by atoms with E-state index in [1.165, 1.54) is 5.56 Å². The molecule has 1 aromatic rings. The van der Waals surface area contributed by atoms with Crippen LogP contribution in [0, 0.1) is 0 Å². The lowest BCUT2D eigenvalue weighted by molar-refractivity contribution is 0.111. The first-order chi connectivity index (χ1) is 10.3. The highest BCUT2D eigenvalue weighted by atomic mass is 16.5. The minimum atomic E-state index is -0.0912. The topological polar surface area (TPSA) is 59.6 Å². The molecule has 0 bridgehead atoms. The summed E-state index contributed by atoms with van der Waals surface area (Å²) in [6.45, 7) is 1.42. The van der Waals surface area contributed by atoms with Crippen LogP contribution in [-0.2, 0) is 4.74 Å². The van der Waals surface area contributed by atoms with Crippen molar-refractivity contribution < 1.29 is 14.3 Å². The van der Waals surface area contributed by atoms with Gasteiger partial charge in [0.05, 0.1) is 13.2 Å². The molecule has 21 heavy (non-hydrogen) atoms. The molecule has 2 amide bonds. The Morgan fingerprint density at radius 1 is 1.38 bits per heavy atom. The van der Waals surface area contributed by atoms with E-state index in [1.54, 1.807) is 7.11 Å². The Balaban J connectivity index is 1.41. The van der Waals surface area contributed by atoms with Crippen LogP contribution in [-0.4, -0.2) is 38.4 Å². The second-order valence-electron chi connectivity index (χ2n) is 5.71. The summed E-state index contributed by atoms with van der Waals surface area (Å²) in [6, 6.07) is 8.20. The van der Waals surface area contributed by atoms with E-state index in [9.17, 15) is 4.79 Å². The van der Waals surface area contributed by atoms with E-state index in [-0.39, 0.29) is 18.2 Å². The number of hydrogen-bond acceptors (Lipinski definition) is 3. The average molecular weight is 290 g/mol. The van der Waals surface area contributed by atoms with Gasteiger partial charge in [0.15, 0.2) is 0 Å². The largest absolute Gasteiger partial charge is 0.497 e. The zero-order valence-corrected chi connectivity index (χ0v) is 12.3. The van der Waals surface area contributed by atoms with Gasteiger partial charge >= 0.3 is 6.03 Å². The summed E-state index contributed by atoms with van der Waals surface area (Å²) in [4.78, 5) is 11.8. The van der Waals surface area contributed by atoms with Crippen molar-refractivity contribution in [2.75, 3.05) is 20.3 Å². The van der Waals surface area contributed by atoms with Gasteiger partial charge in [-0.2, -0.15) is 0 Å². The molecule has 0 radical (unpaired) electrons. The summed E-state index contributed by atoms with van der Waals surface area (Å²) in [6.07, 6.45) is 3.32. The van der Waals surface area contributed by atoms with E-state index in [0.29, 0.717) is 12.5 Å². The molecule has 1 saturated carbocycles. The molecule has 5 heteroatoms. The van der Waals surface area contributed by atoms with Crippen LogP contribution in [0.2, 0.25) is 0 Å². The van der Waals surface area contributed by atoms with Crippen LogP contribution < -0.4 is 15.4 Å². The third-order valence-electron chi connectivity index (χ3n) is 4.17. The van der Waals surface area contributed by atoms with Gasteiger partial charge in [0.2, 0.25) is 0 Å². The van der Waals surface area contributed by atoms with Gasteiger partial charge in [0.25, 0.3) is 0 Å². The van der Waals surface area contributed by atoms with Gasteiger partial charge in [-0.15, -0.1) is 0 Å². The second-order valence-corrected chi connectivity index (χ2v) is 5.71. The van der Waals surface area contributed by atoms with Crippen molar-refractivity contribution in [3.63, 3.8) is 0 Å². The predicted molar refractivity (Wildman–Crippen MR) is 79.6 cm³/mol. The number of ether oxygens (including phenoxy) is 2. The number of rotatable bonds is 5. The molecule has 3 atom stereocenters. The van der Waals surface area contributed by atoms with Gasteiger partial charge < -0.3 is 20.1 Å². The van der Waals surface area contributed by atoms with Gasteiger partial charge in [-0.1, -0.05) is 12.1 Å². The van der Waals surface area contributed by atoms with Gasteiger partial charge in [-0.05, 0) is 37.0 Å². The first-order valence-corrected chi connectivity index (χ1v) is 7.56. The molecule has 0 spiro atoms. The molecule has 114 valence electrons. The highest BCUT2D eigenvalue weighted by Crippen LogP contribution is 2.41. The SMILES string of the molecule is COc1ccc([C@@H]2C[C@@H]2NC(=O)NC[C@H]2CCCO2)cc1. The quantitative estimate of drug-likeness (QED) is 0.872. The van der Waals surface area contributed by atoms with Crippen LogP contribution >= 0.6 is 0 Å². The number of benzene rings is 1. The lowest BCUT2D eigenvalue weighted by Crippen LogP contribution is -2.40. The van der Waals surface area contributed by atoms with E-state index in [0.717, 1.165) is 31.6 Å². The summed E-state index contributed by atoms with van der Waals surface area (Å²) in [5, 5.41) is 5.91. The average Bonchev–Trinajstić information content (AvgIpc) is 3.07. The number of amides is 2. The molecule has 2 fully saturated rings. The van der Waals surface area contributed by atoms with Crippen LogP contribution in [0.1, 0.15) is 30.7 Å². The molecular weight excluding hydrogens is 268 g/mol. The zero-order chi connectivity index (χ0) is 14.7. The summed E-state index contributed by atoms with van der Waals surface area (Å²) < 4.78 is 10.6. The number of urea groups is 1. The number of carbonyl (C=O) groups is 1. The summed E-state index contributed by atoms with van der Waals surface area (Å²) in [5.41, 5.74) is 1.25. The first-order valence-electron chi connectivity index (χ1n) is 7.56. The van der Waals surface area contributed by atoms with E-state index in [4.69, 9.17) is 9.47 Å². The predicted octanol–water partition coefficient (Wildman–Crippen LogP) is 2.03. The van der Waals surface area contributed by atoms with Crippen LogP contribution in [0.25, 0.3) is 0 Å². The monoisotopic (exact) mass is 290 g/mol. The normalized spacial score (nSPS) is 27.2. The molecule has 3 rings (SSSR count). The molecule has 0 aromatic heterocycles. The van der Waals surface area contributed by atoms with Gasteiger partial charge in [0, 0.05) is 25.1 Å². The minimum Gasteiger partial charge on any atom is -0.497 e. The van der Waals surface area contributed by atoms with E-state index in [1.807, 2.05) is 12.1 Å². The molecule has 2 N–H and O–H groups in total. The lowest BCUT2D eigenvalue weighted by atomic mass is 10.1. The molecule has 5 nitrogen and oxygen atoms in total. The number of nitrogens with one attached hydrogen (secondary N) is 2. The Morgan fingerprint density at radius 3 is 2.86 bits per heavy atom. The Labute approximate surface area is 125 Å². The van der Waals surface area contributed by atoms with Gasteiger partial charge in [-0.3, -0.25) is 0 Å². The van der Waals surface area contributed by atoms with Gasteiger partial charge in [0.1, 0.15) is 5.75 Å². The molecule has 1 saturated heterocycles. The number of methoxy groups -OCH3 is 1. The van der Waals surface area contributed by atoms with Crippen molar-refractivity contribution in [1.82, 2.24) is 10.6 Å². The molecule has 2 aliphatic rings. The molecule has 1 aliphatic heterocycles. The zero-order valence-electron chi connectivity index (χ0n) is 12.3. The van der Waals surface area contributed by atoms with E-state index >= 15 is 0 Å². The summed E-state index contributed by atoms with van der Waals surface area (Å²) >= 11 is 0. The van der Waals surface area contributed by atoms with Crippen molar-refractivity contribution in [2.24, 2.45) is 0 Å². The summed E-state index contributed by atoms with van der Waals surface area (Å²) in [5.74, 6) is 1.28. The number of carbonyl (C=O) groups excluding carboxylic acids is 1. The maximum absolute atomic E-state index is 11.8. The summed E-state index contributed by atoms with van der Waals surface area (Å²) in [7, 11) is 1.66. The van der Waals surface area contributed by atoms with Crippen molar-refractivity contribution in [2.45, 2.75) is 37.3 Å². The van der Waals surface area contributed by atoms with Gasteiger partial charge in [-0.25, -0.2) is 4.79 Å². The lowest BCUT2D eigenvalue weighted by Gasteiger charge is -2.11. The highest BCUT2D eigenvalue weighted by Gasteiger charge is 2.39. The Bertz CT molecular complexity index is 483. The Morgan fingerprint density at radius 2 is 2.19 bits per heavy atom. The number of hydrogen-bond donors (Lipinski definition) is 2. The third-order valence-corrected chi connectivity index (χ3v) is 4.17. The molecule has 1 heterocycles. The smallest absolute Gasteiger partial charge is 0.315 e. The molecular formula is C16H22N2O3. The maximum atomic E-state index is 11.8. The van der Waals surface area contributed by atoms with Crippen LogP contribution in [0.3, 0.4) is 0 Å². The van der Waals surface area contributed by atoms with Crippen LogP contribution in [0.15, 0.2) is 24.3 Å². The van der Waals surface area contributed by atoms with Crippen LogP contribution in [0.4, 0.5) is 4.79 Å². The Kier molecular flexibility index (Phi) is 4.29. The van der Waals surface area contributed by atoms with Crippen molar-refractivity contribution >= 4 is 6.03 Å². The molecule has 1 aromatic carbocycles. The fourth-order valence-corrected chi connectivity index (χ4v) is 2.81. The van der Waals surface area contributed by atoms with Crippen LogP contribution in [0.5, 0.6) is 5.75 Å². The third kappa shape index (κ3) is 3.67. The molecule has 0 unspecified atom stereocenters. The van der Waals surface area contributed by atoms with Crippen molar-refractivity contribution in [3.05, 3.63) is 29.8 Å². The van der Waals surface area contributed by atoms with Crippen molar-refractivity contribution in [3.8, 4) is 5.75 Å². The molecule has 1 aliphatic carbocycles. The first kappa shape index (κ1) is 14.2. The van der Waals surface area contributed by atoms with Crippen molar-refractivity contribution in [1.29, 1.82) is 0 Å². The van der Waals surface area contributed by atoms with E-state index in [2.05, 4.69) is 22.8 Å². The minimum absolute atomic E-state index is 0.0912. The highest BCUT2D eigenvalue weighted by molar-refractivity contribution is 5.75. The van der Waals surface area contributed by atoms with E-state index < -0.39 is 0 Å². The maximum Gasteiger partial charge on any atom is 0.315 e. The standard InChI is InChI=1S/C16H22N2O3/c1-20-12-6-4-11(5-7-12)14-9-15(14)18-16(19)17-10-13-3-2-8-21-13/h4-7,13-15H,2-3,8-10H2,1H3,(H2,17,18,19)/t13-,14+,15+/m1/s1. The fraction of sp³-hybridized carbons (Fsp3) is 0.562. The fourth-order valence-electron chi connectivity index (χ4n) is 2.81. The Hall–Kier alpha value is -1.75. The second kappa shape index (κ2) is 6.35.